The van der Waals surface area contributed by atoms with Crippen LogP contribution in [0.25, 0.3) is 22.1 Å². The van der Waals surface area contributed by atoms with Crippen molar-refractivity contribution in [1.82, 2.24) is 30.4 Å². The molecular weight excluding hydrogens is 849 g/mol. The summed E-state index contributed by atoms with van der Waals surface area (Å²) in [7, 11) is 3.60. The SMILES string of the molecule is CC(C)[C@H](N)C(=O)O[C@H]1CC[C@H](N(C)C(=O)c2ccc3nonc3c2)CC1.C[C@H](N)C(=O)O[C@H]1CC[C@H](N(C)C(=O)c2ccc3nonc3c2)CC1.Cl.Cl.Cl.NCC(=O)O. The van der Waals surface area contributed by atoms with Crippen LogP contribution in [0.5, 0.6) is 0 Å². The van der Waals surface area contributed by atoms with Crippen molar-refractivity contribution >= 4 is 89.0 Å². The molecule has 0 bridgehead atoms. The summed E-state index contributed by atoms with van der Waals surface area (Å²) in [6, 6.07) is 9.29. The summed E-state index contributed by atoms with van der Waals surface area (Å²) < 4.78 is 20.2. The first-order valence-electron chi connectivity index (χ1n) is 18.9. The molecule has 334 valence electrons. The van der Waals surface area contributed by atoms with Crippen LogP contribution in [0, 0.1) is 5.92 Å². The van der Waals surface area contributed by atoms with Crippen molar-refractivity contribution in [3.8, 4) is 0 Å². The molecule has 19 nitrogen and oxygen atoms in total. The van der Waals surface area contributed by atoms with Gasteiger partial charge in [-0.1, -0.05) is 13.8 Å². The molecular formula is C38H56Cl3N9O10. The number of fused-ring (bicyclic) bond motifs is 2. The maximum Gasteiger partial charge on any atom is 0.323 e. The molecule has 2 aromatic carbocycles. The number of carboxylic acids is 1. The molecule has 6 rings (SSSR count). The Hall–Kier alpha value is -4.66. The third-order valence-electron chi connectivity index (χ3n) is 10.1. The zero-order valence-electron chi connectivity index (χ0n) is 34.1. The monoisotopic (exact) mass is 903 g/mol. The number of hydrogen-bond donors (Lipinski definition) is 4. The van der Waals surface area contributed by atoms with Gasteiger partial charge in [-0.2, -0.15) is 0 Å². The fourth-order valence-electron chi connectivity index (χ4n) is 6.46. The van der Waals surface area contributed by atoms with Gasteiger partial charge in [-0.3, -0.25) is 24.0 Å². The van der Waals surface area contributed by atoms with Gasteiger partial charge in [0.25, 0.3) is 11.8 Å². The molecule has 4 aromatic rings. The van der Waals surface area contributed by atoms with Crippen molar-refractivity contribution in [2.24, 2.45) is 23.1 Å². The van der Waals surface area contributed by atoms with Crippen molar-refractivity contribution < 1.29 is 47.8 Å². The largest absolute Gasteiger partial charge is 0.480 e. The molecule has 2 fully saturated rings. The molecule has 0 aliphatic heterocycles. The molecule has 2 aromatic heterocycles. The van der Waals surface area contributed by atoms with E-state index in [0.29, 0.717) is 33.2 Å². The van der Waals surface area contributed by atoms with Crippen molar-refractivity contribution in [3.63, 3.8) is 0 Å². The van der Waals surface area contributed by atoms with E-state index in [1.54, 1.807) is 67.2 Å². The summed E-state index contributed by atoms with van der Waals surface area (Å²) in [4.78, 5) is 61.8. The normalized spacial score (nSPS) is 19.2. The van der Waals surface area contributed by atoms with E-state index >= 15 is 0 Å². The zero-order valence-corrected chi connectivity index (χ0v) is 36.6. The minimum atomic E-state index is -0.968. The van der Waals surface area contributed by atoms with E-state index in [0.717, 1.165) is 51.4 Å². The number of hydrogen-bond acceptors (Lipinski definition) is 16. The molecule has 0 spiro atoms. The highest BCUT2D eigenvalue weighted by atomic mass is 35.5. The number of halogens is 3. The Morgan fingerprint density at radius 1 is 0.667 bits per heavy atom. The smallest absolute Gasteiger partial charge is 0.323 e. The standard InChI is InChI=1S/C19H26N4O4.C17H22N4O4.C2H5NO2.3ClH/c1-11(2)17(20)19(25)26-14-7-5-13(6-8-14)23(3)18(24)12-4-9-15-16(10-12)22-27-21-15;1-10(18)17(23)24-13-6-4-12(5-7-13)21(2)16(22)11-3-8-14-15(9-11)20-25-19-14;3-1-2(4)5;;;/h4,9-11,13-14,17H,5-8,20H2,1-3H3;3,8-10,12-13H,4-7,18H2,1-2H3;1,3H2,(H,4,5);3*1H/t13-,14-,17-;10-,12-,13-;;;;/m00..../s1. The molecule has 2 saturated carbocycles. The quantitative estimate of drug-likeness (QED) is 0.164. The zero-order chi connectivity index (χ0) is 41.8. The maximum absolute atomic E-state index is 12.8. The van der Waals surface area contributed by atoms with Crippen LogP contribution in [0.2, 0.25) is 0 Å². The van der Waals surface area contributed by atoms with Gasteiger partial charge in [0.2, 0.25) is 0 Å². The molecule has 0 radical (unpaired) electrons. The number of rotatable bonds is 10. The third kappa shape index (κ3) is 14.8. The number of carbonyl (C=O) groups is 5. The van der Waals surface area contributed by atoms with Crippen molar-refractivity contribution in [2.75, 3.05) is 20.6 Å². The number of esters is 2. The van der Waals surface area contributed by atoms with Crippen molar-refractivity contribution in [3.05, 3.63) is 47.5 Å². The number of ether oxygens (including phenoxy) is 2. The second-order valence-corrected chi connectivity index (χ2v) is 14.7. The number of aliphatic carboxylic acids is 1. The fourth-order valence-corrected chi connectivity index (χ4v) is 6.46. The summed E-state index contributed by atoms with van der Waals surface area (Å²) in [5.41, 5.74) is 19.4. The van der Waals surface area contributed by atoms with Crippen LogP contribution < -0.4 is 17.2 Å². The fraction of sp³-hybridized carbons (Fsp3) is 0.553. The van der Waals surface area contributed by atoms with E-state index in [1.807, 2.05) is 13.8 Å². The first-order valence-corrected chi connectivity index (χ1v) is 18.9. The van der Waals surface area contributed by atoms with Gasteiger partial charge in [-0.25, -0.2) is 9.26 Å². The minimum Gasteiger partial charge on any atom is -0.480 e. The van der Waals surface area contributed by atoms with Crippen molar-refractivity contribution in [2.45, 2.75) is 109 Å². The van der Waals surface area contributed by atoms with Gasteiger partial charge < -0.3 is 41.6 Å². The predicted molar refractivity (Wildman–Crippen MR) is 227 cm³/mol. The Labute approximate surface area is 365 Å². The molecule has 0 saturated heterocycles. The second kappa shape index (κ2) is 25.2. The van der Waals surface area contributed by atoms with Gasteiger partial charge in [0.1, 0.15) is 46.4 Å². The first kappa shape index (κ1) is 53.4. The summed E-state index contributed by atoms with van der Waals surface area (Å²) in [6.45, 7) is 5.13. The Balaban J connectivity index is 0.000000517. The Kier molecular flexibility index (Phi) is 22.4. The van der Waals surface area contributed by atoms with Crippen LogP contribution in [-0.4, -0.2) is 122 Å². The molecule has 2 aliphatic rings. The average molecular weight is 905 g/mol. The van der Waals surface area contributed by atoms with Crippen LogP contribution in [0.3, 0.4) is 0 Å². The van der Waals surface area contributed by atoms with Crippen LogP contribution in [0.1, 0.15) is 92.9 Å². The van der Waals surface area contributed by atoms with Gasteiger partial charge in [-0.05, 0) is 121 Å². The number of nitrogens with two attached hydrogens (primary N) is 3. The maximum atomic E-state index is 12.8. The molecule has 22 heteroatoms. The number of carboxylic acid groups (broad SMARTS) is 1. The highest BCUT2D eigenvalue weighted by Crippen LogP contribution is 2.28. The predicted octanol–water partition coefficient (Wildman–Crippen LogP) is 3.92. The van der Waals surface area contributed by atoms with Crippen LogP contribution >= 0.6 is 37.2 Å². The number of aromatic nitrogens is 4. The van der Waals surface area contributed by atoms with Crippen molar-refractivity contribution in [1.29, 1.82) is 0 Å². The highest BCUT2D eigenvalue weighted by molar-refractivity contribution is 5.98. The van der Waals surface area contributed by atoms with Gasteiger partial charge >= 0.3 is 17.9 Å². The lowest BCUT2D eigenvalue weighted by atomic mass is 9.91. The number of carbonyl (C=O) groups excluding carboxylic acids is 4. The van der Waals surface area contributed by atoms with E-state index < -0.39 is 18.1 Å². The summed E-state index contributed by atoms with van der Waals surface area (Å²) in [5.74, 6) is -1.77. The lowest BCUT2D eigenvalue weighted by Gasteiger charge is -2.35. The van der Waals surface area contributed by atoms with E-state index in [4.69, 9.17) is 26.0 Å². The molecule has 0 unspecified atom stereocenters. The lowest BCUT2D eigenvalue weighted by molar-refractivity contribution is -0.154. The van der Waals surface area contributed by atoms with Gasteiger partial charge in [0, 0.05) is 37.3 Å². The van der Waals surface area contributed by atoms with Crippen LogP contribution in [-0.2, 0) is 23.9 Å². The minimum absolute atomic E-state index is 0. The van der Waals surface area contributed by atoms with Gasteiger partial charge in [0.05, 0.1) is 6.54 Å². The Morgan fingerprint density at radius 3 is 1.35 bits per heavy atom. The van der Waals surface area contributed by atoms with E-state index in [-0.39, 0.29) is 97.7 Å². The molecule has 60 heavy (non-hydrogen) atoms. The summed E-state index contributed by atoms with van der Waals surface area (Å²) in [5, 5.41) is 22.6. The molecule has 2 heterocycles. The Morgan fingerprint density at radius 2 is 1.02 bits per heavy atom. The molecule has 7 N–H and O–H groups in total. The lowest BCUT2D eigenvalue weighted by Crippen LogP contribution is -2.43. The molecule has 2 atom stereocenters. The second-order valence-electron chi connectivity index (χ2n) is 14.7. The third-order valence-corrected chi connectivity index (χ3v) is 10.1. The molecule has 2 amide bonds. The average Bonchev–Trinajstić information content (AvgIpc) is 3.89. The van der Waals surface area contributed by atoms with Crippen LogP contribution in [0.15, 0.2) is 45.7 Å². The highest BCUT2D eigenvalue weighted by Gasteiger charge is 2.32. The van der Waals surface area contributed by atoms with Gasteiger partial charge in [-0.15, -0.1) is 37.2 Å². The van der Waals surface area contributed by atoms with E-state index in [1.165, 1.54) is 0 Å². The summed E-state index contributed by atoms with van der Waals surface area (Å²) >= 11 is 0. The number of benzene rings is 2. The first-order chi connectivity index (χ1) is 27.1. The number of nitrogens with zero attached hydrogens (tertiary/aromatic N) is 6. The topological polar surface area (TPSA) is 286 Å². The summed E-state index contributed by atoms with van der Waals surface area (Å²) in [6.07, 6.45) is 5.81. The Bertz CT molecular complexity index is 1980. The van der Waals surface area contributed by atoms with Gasteiger partial charge in [0.15, 0.2) is 0 Å². The van der Waals surface area contributed by atoms with Crippen LogP contribution in [0.4, 0.5) is 0 Å². The van der Waals surface area contributed by atoms with E-state index in [2.05, 4.69) is 35.6 Å². The molecule has 2 aliphatic carbocycles. The van der Waals surface area contributed by atoms with E-state index in [9.17, 15) is 24.0 Å². The number of amides is 2.